The van der Waals surface area contributed by atoms with Gasteiger partial charge in [0.15, 0.2) is 0 Å². The van der Waals surface area contributed by atoms with E-state index in [9.17, 15) is 18.8 Å². The van der Waals surface area contributed by atoms with Crippen molar-refractivity contribution in [1.82, 2.24) is 4.90 Å². The van der Waals surface area contributed by atoms with Crippen molar-refractivity contribution in [3.63, 3.8) is 0 Å². The summed E-state index contributed by atoms with van der Waals surface area (Å²) in [5.74, 6) is -1.76. The molecule has 1 heterocycles. The third-order valence-electron chi connectivity index (χ3n) is 4.74. The molecule has 1 unspecified atom stereocenters. The topological polar surface area (TPSA) is 117 Å². The minimum atomic E-state index is -0.905. The second-order valence-corrected chi connectivity index (χ2v) is 7.48. The molecule has 0 radical (unpaired) electrons. The first-order valence-electron chi connectivity index (χ1n) is 9.50. The van der Waals surface area contributed by atoms with E-state index < -0.39 is 29.6 Å². The van der Waals surface area contributed by atoms with E-state index in [0.717, 1.165) is 4.90 Å². The van der Waals surface area contributed by atoms with Gasteiger partial charge < -0.3 is 20.7 Å². The van der Waals surface area contributed by atoms with Gasteiger partial charge in [-0.2, -0.15) is 5.10 Å². The molecule has 168 valence electrons. The maximum atomic E-state index is 13.2. The summed E-state index contributed by atoms with van der Waals surface area (Å²) in [6.45, 7) is -0.286. The molecule has 1 atom stereocenters. The van der Waals surface area contributed by atoms with Gasteiger partial charge in [-0.15, -0.1) is 0 Å². The number of anilines is 2. The summed E-state index contributed by atoms with van der Waals surface area (Å²) in [7, 11) is 2.88. The van der Waals surface area contributed by atoms with Gasteiger partial charge in [-0.1, -0.05) is 11.6 Å². The van der Waals surface area contributed by atoms with Crippen molar-refractivity contribution in [3.8, 4) is 5.75 Å². The Morgan fingerprint density at radius 3 is 2.59 bits per heavy atom. The number of benzene rings is 2. The number of nitrogens with two attached hydrogens (primary N) is 1. The summed E-state index contributed by atoms with van der Waals surface area (Å²) in [5, 5.41) is 8.54. The monoisotopic (exact) mass is 461 g/mol. The van der Waals surface area contributed by atoms with Gasteiger partial charge >= 0.3 is 0 Å². The number of ether oxygens (including phenoxy) is 1. The highest BCUT2D eigenvalue weighted by Gasteiger charge is 2.36. The van der Waals surface area contributed by atoms with Crippen molar-refractivity contribution < 1.29 is 23.5 Å². The van der Waals surface area contributed by atoms with Gasteiger partial charge in [0.05, 0.1) is 25.0 Å². The molecule has 11 heteroatoms. The van der Waals surface area contributed by atoms with E-state index in [1.165, 1.54) is 49.5 Å². The van der Waals surface area contributed by atoms with Crippen LogP contribution in [0.4, 0.5) is 15.8 Å². The van der Waals surface area contributed by atoms with Gasteiger partial charge in [-0.3, -0.25) is 19.4 Å². The molecule has 1 aliphatic heterocycles. The maximum Gasteiger partial charge on any atom is 0.270 e. The number of primary amides is 1. The van der Waals surface area contributed by atoms with Gasteiger partial charge in [-0.25, -0.2) is 4.39 Å². The number of likely N-dealkylation sites (N-methyl/N-ethyl adjacent to an activating group) is 1. The van der Waals surface area contributed by atoms with Crippen LogP contribution in [0.15, 0.2) is 47.6 Å². The largest absolute Gasteiger partial charge is 0.495 e. The smallest absolute Gasteiger partial charge is 0.270 e. The van der Waals surface area contributed by atoms with Gasteiger partial charge in [0.1, 0.15) is 23.3 Å². The number of hydrogen-bond donors (Lipinski definition) is 2. The number of amides is 3. The van der Waals surface area contributed by atoms with Crippen molar-refractivity contribution in [2.45, 2.75) is 12.5 Å². The summed E-state index contributed by atoms with van der Waals surface area (Å²) >= 11 is 5.96. The fourth-order valence-corrected chi connectivity index (χ4v) is 3.34. The van der Waals surface area contributed by atoms with Crippen LogP contribution in [0.3, 0.4) is 0 Å². The Kier molecular flexibility index (Phi) is 6.94. The van der Waals surface area contributed by atoms with E-state index >= 15 is 0 Å². The Labute approximate surface area is 188 Å². The van der Waals surface area contributed by atoms with Crippen LogP contribution in [0.2, 0.25) is 5.02 Å². The normalized spacial score (nSPS) is 15.2. The molecule has 0 aliphatic carbocycles. The molecule has 3 amide bonds. The number of nitrogens with zero attached hydrogens (tertiary/aromatic N) is 3. The quantitative estimate of drug-likeness (QED) is 0.654. The fraction of sp³-hybridized carbons (Fsp3) is 0.238. The Bertz CT molecular complexity index is 1080. The van der Waals surface area contributed by atoms with Gasteiger partial charge in [-0.05, 0) is 42.5 Å². The van der Waals surface area contributed by atoms with Gasteiger partial charge in [0.2, 0.25) is 11.8 Å². The molecule has 0 spiro atoms. The number of nitrogens with one attached hydrogen (secondary N) is 1. The molecule has 0 fully saturated rings. The van der Waals surface area contributed by atoms with E-state index in [1.807, 2.05) is 0 Å². The lowest BCUT2D eigenvalue weighted by Gasteiger charge is -2.20. The molecular weight excluding hydrogens is 441 g/mol. The molecule has 0 saturated heterocycles. The summed E-state index contributed by atoms with van der Waals surface area (Å²) in [4.78, 5) is 38.3. The number of carbonyl (C=O) groups excluding carboxylic acids is 3. The van der Waals surface area contributed by atoms with Crippen molar-refractivity contribution in [2.24, 2.45) is 10.8 Å². The van der Waals surface area contributed by atoms with Crippen LogP contribution in [0.1, 0.15) is 6.42 Å². The molecule has 9 nitrogen and oxygen atoms in total. The number of rotatable bonds is 7. The standard InChI is InChI=1S/C21H21ClFN5O4/c1-27(11-19(29)25-15-9-12(22)3-8-18(15)32-2)21(31)16-10-17(20(24)30)28(26-16)14-6-4-13(23)5-7-14/h3-9,17H,10-11H2,1-2H3,(H2,24,30)(H,25,29). The van der Waals surface area contributed by atoms with E-state index in [2.05, 4.69) is 10.4 Å². The minimum Gasteiger partial charge on any atom is -0.495 e. The molecule has 3 N–H and O–H groups in total. The number of hydrazone groups is 1. The number of halogens is 2. The lowest BCUT2D eigenvalue weighted by Crippen LogP contribution is -2.41. The van der Waals surface area contributed by atoms with Crippen LogP contribution in [0.5, 0.6) is 5.75 Å². The van der Waals surface area contributed by atoms with Crippen molar-refractivity contribution >= 4 is 46.4 Å². The first-order valence-corrected chi connectivity index (χ1v) is 9.88. The average molecular weight is 462 g/mol. The van der Waals surface area contributed by atoms with Crippen LogP contribution in [-0.2, 0) is 14.4 Å². The molecule has 2 aromatic rings. The first-order chi connectivity index (χ1) is 15.2. The molecule has 0 aromatic heterocycles. The zero-order valence-corrected chi connectivity index (χ0v) is 18.1. The first kappa shape index (κ1) is 23.0. The average Bonchev–Trinajstić information content (AvgIpc) is 3.19. The van der Waals surface area contributed by atoms with Crippen LogP contribution in [-0.4, -0.2) is 55.1 Å². The Morgan fingerprint density at radius 1 is 1.28 bits per heavy atom. The summed E-state index contributed by atoms with van der Waals surface area (Å²) in [6.07, 6.45) is -0.0420. The molecular formula is C21H21ClFN5O4. The number of carbonyl (C=O) groups is 3. The van der Waals surface area contributed by atoms with Crippen molar-refractivity contribution in [1.29, 1.82) is 0 Å². The Morgan fingerprint density at radius 2 is 1.97 bits per heavy atom. The van der Waals surface area contributed by atoms with Gasteiger partial charge in [0, 0.05) is 18.5 Å². The number of methoxy groups -OCH3 is 1. The van der Waals surface area contributed by atoms with Crippen LogP contribution < -0.4 is 20.8 Å². The van der Waals surface area contributed by atoms with Crippen molar-refractivity contribution in [3.05, 3.63) is 53.3 Å². The zero-order valence-electron chi connectivity index (χ0n) is 17.3. The molecule has 1 aliphatic rings. The van der Waals surface area contributed by atoms with E-state index in [-0.39, 0.29) is 18.7 Å². The highest BCUT2D eigenvalue weighted by atomic mass is 35.5. The van der Waals surface area contributed by atoms with Gasteiger partial charge in [0.25, 0.3) is 5.91 Å². The second-order valence-electron chi connectivity index (χ2n) is 7.04. The maximum absolute atomic E-state index is 13.2. The van der Waals surface area contributed by atoms with Crippen molar-refractivity contribution in [2.75, 3.05) is 31.0 Å². The predicted octanol–water partition coefficient (Wildman–Crippen LogP) is 2.00. The molecule has 0 bridgehead atoms. The lowest BCUT2D eigenvalue weighted by atomic mass is 10.1. The predicted molar refractivity (Wildman–Crippen MR) is 118 cm³/mol. The zero-order chi connectivity index (χ0) is 23.4. The van der Waals surface area contributed by atoms with Crippen LogP contribution in [0, 0.1) is 5.82 Å². The second kappa shape index (κ2) is 9.65. The Balaban J connectivity index is 1.71. The molecule has 3 rings (SSSR count). The Hall–Kier alpha value is -3.66. The molecule has 0 saturated carbocycles. The third-order valence-corrected chi connectivity index (χ3v) is 4.98. The SMILES string of the molecule is COc1ccc(Cl)cc1NC(=O)CN(C)C(=O)C1=NN(c2ccc(F)cc2)C(C(N)=O)C1. The van der Waals surface area contributed by atoms with E-state index in [4.69, 9.17) is 22.1 Å². The number of hydrogen-bond acceptors (Lipinski definition) is 6. The van der Waals surface area contributed by atoms with E-state index in [1.54, 1.807) is 12.1 Å². The fourth-order valence-electron chi connectivity index (χ4n) is 3.17. The lowest BCUT2D eigenvalue weighted by molar-refractivity contribution is -0.127. The molecule has 32 heavy (non-hydrogen) atoms. The summed E-state index contributed by atoms with van der Waals surface area (Å²) in [6, 6.07) is 9.12. The van der Waals surface area contributed by atoms with Crippen LogP contribution >= 0.6 is 11.6 Å². The highest BCUT2D eigenvalue weighted by molar-refractivity contribution is 6.40. The third kappa shape index (κ3) is 5.14. The highest BCUT2D eigenvalue weighted by Crippen LogP contribution is 2.28. The summed E-state index contributed by atoms with van der Waals surface area (Å²) < 4.78 is 18.4. The van der Waals surface area contributed by atoms with E-state index in [0.29, 0.717) is 22.1 Å². The minimum absolute atomic E-state index is 0.0420. The summed E-state index contributed by atoms with van der Waals surface area (Å²) in [5.41, 5.74) is 6.28. The molecule has 2 aromatic carbocycles. The van der Waals surface area contributed by atoms with Crippen LogP contribution in [0.25, 0.3) is 0 Å².